The molecule has 12 atom stereocenters. The van der Waals surface area contributed by atoms with E-state index in [0.717, 1.165) is 77.0 Å². The second-order valence-electron chi connectivity index (χ2n) is 21.4. The number of hydrogen-bond acceptors (Lipinski definition) is 13. The molecule has 12 unspecified atom stereocenters. The van der Waals surface area contributed by atoms with Crippen molar-refractivity contribution in [3.63, 3.8) is 0 Å². The van der Waals surface area contributed by atoms with Gasteiger partial charge in [0.2, 0.25) is 5.91 Å². The summed E-state index contributed by atoms with van der Waals surface area (Å²) >= 11 is 0. The molecular formula is C64H111NO13. The largest absolute Gasteiger partial charge is 0.394 e. The maximum Gasteiger partial charge on any atom is 0.220 e. The lowest BCUT2D eigenvalue weighted by Gasteiger charge is -2.46. The average molecular weight is 1100 g/mol. The van der Waals surface area contributed by atoms with Crippen molar-refractivity contribution in [2.45, 2.75) is 293 Å². The molecule has 14 heteroatoms. The van der Waals surface area contributed by atoms with Crippen molar-refractivity contribution < 1.29 is 64.6 Å². The molecule has 0 bridgehead atoms. The van der Waals surface area contributed by atoms with Crippen molar-refractivity contribution in [3.8, 4) is 0 Å². The first-order chi connectivity index (χ1) is 38.1. The van der Waals surface area contributed by atoms with Crippen molar-refractivity contribution in [2.75, 3.05) is 19.8 Å². The van der Waals surface area contributed by atoms with Gasteiger partial charge in [-0.25, -0.2) is 0 Å². The number of carbonyl (C=O) groups is 1. The summed E-state index contributed by atoms with van der Waals surface area (Å²) in [4.78, 5) is 13.3. The Morgan fingerprint density at radius 1 is 0.474 bits per heavy atom. The van der Waals surface area contributed by atoms with Crippen LogP contribution in [0.15, 0.2) is 85.1 Å². The van der Waals surface area contributed by atoms with Crippen LogP contribution in [-0.4, -0.2) is 140 Å². The van der Waals surface area contributed by atoms with Crippen molar-refractivity contribution in [1.29, 1.82) is 0 Å². The number of allylic oxidation sites excluding steroid dienone is 13. The first kappa shape index (κ1) is 71.3. The van der Waals surface area contributed by atoms with E-state index >= 15 is 0 Å². The van der Waals surface area contributed by atoms with E-state index in [2.05, 4.69) is 92.1 Å². The molecule has 450 valence electrons. The first-order valence-corrected chi connectivity index (χ1v) is 30.8. The summed E-state index contributed by atoms with van der Waals surface area (Å²) in [5, 5.41) is 87.1. The Labute approximate surface area is 471 Å². The van der Waals surface area contributed by atoms with E-state index in [0.29, 0.717) is 12.8 Å². The second-order valence-corrected chi connectivity index (χ2v) is 21.4. The molecule has 0 aromatic heterocycles. The van der Waals surface area contributed by atoms with Crippen molar-refractivity contribution in [2.24, 2.45) is 0 Å². The Morgan fingerprint density at radius 2 is 0.897 bits per heavy atom. The third-order valence-electron chi connectivity index (χ3n) is 14.6. The van der Waals surface area contributed by atoms with Crippen molar-refractivity contribution >= 4 is 5.91 Å². The molecule has 2 heterocycles. The number of aliphatic hydroxyl groups is 8. The summed E-state index contributed by atoms with van der Waals surface area (Å²) in [6.45, 7) is 2.66. The lowest BCUT2D eigenvalue weighted by molar-refractivity contribution is -0.359. The van der Waals surface area contributed by atoms with Gasteiger partial charge in [0, 0.05) is 6.42 Å². The smallest absolute Gasteiger partial charge is 0.220 e. The SMILES string of the molecule is CC/C=C\C/C=C\C/C=C\C/C=C\C/C=C\CCCCCCCC(=O)NC(COC1OC(CO)C(OC2OC(CO)C(O)C(O)C2O)C(O)C1O)C(O)/C=C/CC/C=C/CCCCCCCCCCCCCCCCCCC. The fourth-order valence-corrected chi connectivity index (χ4v) is 9.63. The highest BCUT2D eigenvalue weighted by Gasteiger charge is 2.51. The average Bonchev–Trinajstić information content (AvgIpc) is 3.48. The van der Waals surface area contributed by atoms with E-state index in [9.17, 15) is 45.6 Å². The summed E-state index contributed by atoms with van der Waals surface area (Å²) in [6.07, 6.45) is 49.1. The van der Waals surface area contributed by atoms with Gasteiger partial charge >= 0.3 is 0 Å². The quantitative estimate of drug-likeness (QED) is 0.0204. The Hall–Kier alpha value is -2.83. The van der Waals surface area contributed by atoms with Crippen LogP contribution in [0.4, 0.5) is 0 Å². The van der Waals surface area contributed by atoms with Gasteiger partial charge in [-0.15, -0.1) is 0 Å². The fourth-order valence-electron chi connectivity index (χ4n) is 9.63. The summed E-state index contributed by atoms with van der Waals surface area (Å²) < 4.78 is 22.8. The number of ether oxygens (including phenoxy) is 4. The minimum atomic E-state index is -1.80. The number of rotatable bonds is 48. The Balaban J connectivity index is 1.79. The Morgan fingerprint density at radius 3 is 1.41 bits per heavy atom. The maximum atomic E-state index is 13.3. The molecule has 0 spiro atoms. The zero-order valence-electron chi connectivity index (χ0n) is 48.4. The van der Waals surface area contributed by atoms with Crippen LogP contribution < -0.4 is 5.32 Å². The fraction of sp³-hybridized carbons (Fsp3) is 0.766. The van der Waals surface area contributed by atoms with Gasteiger partial charge in [0.15, 0.2) is 12.6 Å². The zero-order chi connectivity index (χ0) is 56.7. The van der Waals surface area contributed by atoms with Crippen LogP contribution >= 0.6 is 0 Å². The van der Waals surface area contributed by atoms with Gasteiger partial charge in [-0.3, -0.25) is 4.79 Å². The summed E-state index contributed by atoms with van der Waals surface area (Å²) in [7, 11) is 0. The topological polar surface area (TPSA) is 228 Å². The Kier molecular flexibility index (Phi) is 44.6. The Bertz CT molecular complexity index is 1630. The van der Waals surface area contributed by atoms with Gasteiger partial charge in [0.05, 0.1) is 32.0 Å². The summed E-state index contributed by atoms with van der Waals surface area (Å²) in [5.74, 6) is -0.270. The molecule has 0 radical (unpaired) electrons. The minimum absolute atomic E-state index is 0.247. The first-order valence-electron chi connectivity index (χ1n) is 30.8. The number of nitrogens with one attached hydrogen (secondary N) is 1. The van der Waals surface area contributed by atoms with Crippen LogP contribution in [-0.2, 0) is 23.7 Å². The predicted octanol–water partition coefficient (Wildman–Crippen LogP) is 10.9. The standard InChI is InChI=1S/C64H111NO13/c1-3-5-7-9-11-13-15-17-19-21-23-25-26-28-29-31-33-35-37-39-41-43-45-47-53(68)52(51-75-63-61(74)59(72)62(55(50-67)77-63)78-64-60(73)58(71)57(70)54(49-66)76-64)65-56(69)48-46-44-42-40-38-36-34-32-30-27-24-22-20-18-16-14-12-10-8-6-4-2/h6,8,12,14,18,20,24,27,32,34,37,39,45,47,52-55,57-64,66-68,70-74H,3-5,7,9-11,13,15-17,19,21-23,25-26,28-31,33,35-36,38,40-44,46,48-51H2,1-2H3,(H,65,69)/b8-6-,14-12-,20-18-,27-24-,34-32-,39-37+,47-45+. The van der Waals surface area contributed by atoms with Gasteiger partial charge in [0.1, 0.15) is 48.8 Å². The molecule has 78 heavy (non-hydrogen) atoms. The lowest BCUT2D eigenvalue weighted by atomic mass is 9.97. The second kappa shape index (κ2) is 48.8. The molecule has 2 aliphatic rings. The number of aliphatic hydroxyl groups excluding tert-OH is 8. The van der Waals surface area contributed by atoms with E-state index in [4.69, 9.17) is 18.9 Å². The van der Waals surface area contributed by atoms with Crippen LogP contribution in [0.5, 0.6) is 0 Å². The molecule has 14 nitrogen and oxygen atoms in total. The summed E-state index contributed by atoms with van der Waals surface area (Å²) in [5.41, 5.74) is 0. The maximum absolute atomic E-state index is 13.3. The highest BCUT2D eigenvalue weighted by molar-refractivity contribution is 5.76. The monoisotopic (exact) mass is 1100 g/mol. The molecule has 0 aromatic rings. The highest BCUT2D eigenvalue weighted by Crippen LogP contribution is 2.30. The van der Waals surface area contributed by atoms with E-state index in [1.54, 1.807) is 6.08 Å². The lowest BCUT2D eigenvalue weighted by Crippen LogP contribution is -2.65. The van der Waals surface area contributed by atoms with Gasteiger partial charge < -0.3 is 65.1 Å². The van der Waals surface area contributed by atoms with Crippen LogP contribution in [0.3, 0.4) is 0 Å². The van der Waals surface area contributed by atoms with E-state index in [1.165, 1.54) is 109 Å². The molecular weight excluding hydrogens is 991 g/mol. The third kappa shape index (κ3) is 33.8. The molecule has 0 aliphatic carbocycles. The van der Waals surface area contributed by atoms with Crippen molar-refractivity contribution in [1.82, 2.24) is 5.32 Å². The van der Waals surface area contributed by atoms with Crippen LogP contribution in [0, 0.1) is 0 Å². The molecule has 0 aromatic carbocycles. The number of unbranched alkanes of at least 4 members (excludes halogenated alkanes) is 23. The molecule has 2 rings (SSSR count). The number of amides is 1. The number of carbonyl (C=O) groups excluding carboxylic acids is 1. The van der Waals surface area contributed by atoms with Crippen LogP contribution in [0.2, 0.25) is 0 Å². The van der Waals surface area contributed by atoms with Gasteiger partial charge in [-0.05, 0) is 77.0 Å². The van der Waals surface area contributed by atoms with Gasteiger partial charge in [-0.1, -0.05) is 221 Å². The highest BCUT2D eigenvalue weighted by atomic mass is 16.7. The van der Waals surface area contributed by atoms with E-state index in [1.807, 2.05) is 6.08 Å². The van der Waals surface area contributed by atoms with Crippen LogP contribution in [0.1, 0.15) is 219 Å². The van der Waals surface area contributed by atoms with Gasteiger partial charge in [-0.2, -0.15) is 0 Å². The molecule has 2 saturated heterocycles. The molecule has 1 amide bonds. The molecule has 0 saturated carbocycles. The van der Waals surface area contributed by atoms with E-state index in [-0.39, 0.29) is 18.9 Å². The van der Waals surface area contributed by atoms with Crippen LogP contribution in [0.25, 0.3) is 0 Å². The van der Waals surface area contributed by atoms with Gasteiger partial charge in [0.25, 0.3) is 0 Å². The van der Waals surface area contributed by atoms with E-state index < -0.39 is 86.8 Å². The molecule has 9 N–H and O–H groups in total. The molecule has 2 fully saturated rings. The number of hydrogen-bond donors (Lipinski definition) is 9. The molecule has 2 aliphatic heterocycles. The third-order valence-corrected chi connectivity index (χ3v) is 14.6. The summed E-state index contributed by atoms with van der Waals surface area (Å²) in [6, 6.07) is -0.948. The minimum Gasteiger partial charge on any atom is -0.394 e. The normalized spacial score (nSPS) is 25.2. The predicted molar refractivity (Wildman–Crippen MR) is 313 cm³/mol. The zero-order valence-corrected chi connectivity index (χ0v) is 48.4. The van der Waals surface area contributed by atoms with Crippen molar-refractivity contribution in [3.05, 3.63) is 85.1 Å².